The average Bonchev–Trinajstić information content (AvgIpc) is 3.09. The van der Waals surface area contributed by atoms with Crippen LogP contribution in [0.2, 0.25) is 0 Å². The lowest BCUT2D eigenvalue weighted by Gasteiger charge is -2.27. The first-order valence-electron chi connectivity index (χ1n) is 11.7. The second kappa shape index (κ2) is 11.5. The monoisotopic (exact) mass is 444 g/mol. The van der Waals surface area contributed by atoms with Gasteiger partial charge < -0.3 is 10.2 Å². The summed E-state index contributed by atoms with van der Waals surface area (Å²) in [5, 5.41) is 3.56. The Labute approximate surface area is 187 Å². The van der Waals surface area contributed by atoms with Crippen LogP contribution >= 0.6 is 0 Å². The first kappa shape index (κ1) is 23.6. The fourth-order valence-electron chi connectivity index (χ4n) is 4.31. The zero-order valence-corrected chi connectivity index (χ0v) is 19.4. The molecule has 0 spiro atoms. The molecule has 1 unspecified atom stereocenters. The van der Waals surface area contributed by atoms with Gasteiger partial charge in [0.2, 0.25) is 0 Å². The summed E-state index contributed by atoms with van der Waals surface area (Å²) < 4.78 is 32.8. The Hall–Kier alpha value is -2.05. The summed E-state index contributed by atoms with van der Waals surface area (Å²) in [6.45, 7) is 2.94. The van der Waals surface area contributed by atoms with Crippen molar-refractivity contribution in [1.29, 1.82) is 0 Å². The summed E-state index contributed by atoms with van der Waals surface area (Å²) in [6, 6.07) is 15.0. The van der Waals surface area contributed by atoms with Crippen molar-refractivity contribution < 1.29 is 13.0 Å². The second-order valence-electron chi connectivity index (χ2n) is 8.54. The molecule has 2 aromatic rings. The van der Waals surface area contributed by atoms with Gasteiger partial charge in [0.1, 0.15) is 0 Å². The highest BCUT2D eigenvalue weighted by Crippen LogP contribution is 2.38. The number of hydrogen-bond acceptors (Lipinski definition) is 4. The number of rotatable bonds is 13. The van der Waals surface area contributed by atoms with Crippen LogP contribution in [0, 0.1) is 0 Å². The van der Waals surface area contributed by atoms with Crippen LogP contribution in [-0.2, 0) is 16.7 Å². The lowest BCUT2D eigenvalue weighted by atomic mass is 10.1. The van der Waals surface area contributed by atoms with E-state index in [1.54, 1.807) is 12.1 Å². The van der Waals surface area contributed by atoms with E-state index in [9.17, 15) is 13.0 Å². The Kier molecular flexibility index (Phi) is 8.79. The number of unbranched alkanes of at least 4 members (excludes halogenated alkanes) is 8. The highest BCUT2D eigenvalue weighted by molar-refractivity contribution is 7.85. The van der Waals surface area contributed by atoms with Crippen molar-refractivity contribution in [1.82, 2.24) is 0 Å². The molecule has 1 heterocycles. The molecule has 1 atom stereocenters. The molecule has 0 saturated heterocycles. The van der Waals surface area contributed by atoms with E-state index in [4.69, 9.17) is 0 Å². The van der Waals surface area contributed by atoms with E-state index in [0.29, 0.717) is 6.54 Å². The normalized spacial score (nSPS) is 15.7. The lowest BCUT2D eigenvalue weighted by molar-refractivity contribution is 0.483. The molecule has 0 saturated carbocycles. The van der Waals surface area contributed by atoms with Gasteiger partial charge >= 0.3 is 0 Å². The Morgan fingerprint density at radius 2 is 1.55 bits per heavy atom. The number of nitrogens with zero attached hydrogens (tertiary/aromatic N) is 1. The number of hydrogen-bond donors (Lipinski definition) is 2. The zero-order valence-electron chi connectivity index (χ0n) is 18.6. The van der Waals surface area contributed by atoms with E-state index in [2.05, 4.69) is 29.3 Å². The van der Waals surface area contributed by atoms with Gasteiger partial charge in [0.05, 0.1) is 22.4 Å². The summed E-state index contributed by atoms with van der Waals surface area (Å²) in [5.41, 5.74) is 2.93. The topological polar surface area (TPSA) is 69.6 Å². The first-order chi connectivity index (χ1) is 15.0. The van der Waals surface area contributed by atoms with Gasteiger partial charge in [0.15, 0.2) is 0 Å². The van der Waals surface area contributed by atoms with E-state index in [1.807, 2.05) is 18.2 Å². The fraction of sp³-hybridized carbons (Fsp3) is 0.520. The smallest absolute Gasteiger partial charge is 0.294 e. The minimum atomic E-state index is -4.23. The number of benzene rings is 2. The molecule has 31 heavy (non-hydrogen) atoms. The standard InChI is InChI=1S/C25H36N2O3S/c1-2-3-4-5-6-7-8-9-13-16-25-26-23-18-17-22(31(28,29)30)19-24(23)27(25)20-21-14-11-10-12-15-21/h10-12,14-15,17-19,25-26H,2-9,13,16,20H2,1H3,(H,28,29,30). The number of fused-ring (bicyclic) bond motifs is 1. The lowest BCUT2D eigenvalue weighted by Crippen LogP contribution is -2.35. The van der Waals surface area contributed by atoms with Gasteiger partial charge in [0.25, 0.3) is 10.1 Å². The van der Waals surface area contributed by atoms with Crippen molar-refractivity contribution in [2.24, 2.45) is 0 Å². The van der Waals surface area contributed by atoms with Crippen LogP contribution in [-0.4, -0.2) is 19.1 Å². The van der Waals surface area contributed by atoms with Crippen molar-refractivity contribution in [2.45, 2.75) is 88.7 Å². The van der Waals surface area contributed by atoms with Crippen molar-refractivity contribution >= 4 is 21.5 Å². The number of nitrogens with one attached hydrogen (secondary N) is 1. The quantitative estimate of drug-likeness (QED) is 0.269. The molecule has 6 heteroatoms. The van der Waals surface area contributed by atoms with Crippen LogP contribution in [0.3, 0.4) is 0 Å². The van der Waals surface area contributed by atoms with E-state index >= 15 is 0 Å². The zero-order chi connectivity index (χ0) is 22.1. The SMILES string of the molecule is CCCCCCCCCCCC1Nc2ccc(S(=O)(=O)O)cc2N1Cc1ccccc1. The van der Waals surface area contributed by atoms with Gasteiger partial charge in [-0.2, -0.15) is 8.42 Å². The number of anilines is 2. The van der Waals surface area contributed by atoms with Gasteiger partial charge in [0, 0.05) is 6.54 Å². The van der Waals surface area contributed by atoms with Gasteiger partial charge in [-0.25, -0.2) is 0 Å². The highest BCUT2D eigenvalue weighted by Gasteiger charge is 2.29. The largest absolute Gasteiger partial charge is 0.363 e. The summed E-state index contributed by atoms with van der Waals surface area (Å²) in [4.78, 5) is 2.17. The molecule has 0 fully saturated rings. The third-order valence-electron chi connectivity index (χ3n) is 6.05. The molecule has 1 aliphatic rings. The van der Waals surface area contributed by atoms with Gasteiger partial charge in [-0.1, -0.05) is 88.6 Å². The molecule has 2 N–H and O–H groups in total. The van der Waals surface area contributed by atoms with E-state index in [1.165, 1.54) is 63.0 Å². The Morgan fingerprint density at radius 1 is 0.903 bits per heavy atom. The molecular weight excluding hydrogens is 408 g/mol. The molecule has 1 aliphatic heterocycles. The van der Waals surface area contributed by atoms with Gasteiger partial charge in [-0.15, -0.1) is 0 Å². The van der Waals surface area contributed by atoms with Crippen molar-refractivity contribution in [3.63, 3.8) is 0 Å². The van der Waals surface area contributed by atoms with Crippen LogP contribution in [0.5, 0.6) is 0 Å². The molecule has 0 bridgehead atoms. The molecule has 0 amide bonds. The van der Waals surface area contributed by atoms with Crippen LogP contribution in [0.15, 0.2) is 53.4 Å². The first-order valence-corrected chi connectivity index (χ1v) is 13.1. The van der Waals surface area contributed by atoms with E-state index in [-0.39, 0.29) is 11.1 Å². The van der Waals surface area contributed by atoms with Crippen LogP contribution in [0.1, 0.15) is 76.7 Å². The maximum Gasteiger partial charge on any atom is 0.294 e. The molecule has 0 aromatic heterocycles. The minimum Gasteiger partial charge on any atom is -0.363 e. The van der Waals surface area contributed by atoms with Gasteiger partial charge in [-0.05, 0) is 36.6 Å². The molecule has 170 valence electrons. The summed E-state index contributed by atoms with van der Waals surface area (Å²) in [6.07, 6.45) is 12.8. The highest BCUT2D eigenvalue weighted by atomic mass is 32.2. The van der Waals surface area contributed by atoms with E-state index in [0.717, 1.165) is 24.2 Å². The van der Waals surface area contributed by atoms with Gasteiger partial charge in [-0.3, -0.25) is 4.55 Å². The molecule has 5 nitrogen and oxygen atoms in total. The Bertz CT molecular complexity index is 916. The van der Waals surface area contributed by atoms with E-state index < -0.39 is 10.1 Å². The summed E-state index contributed by atoms with van der Waals surface area (Å²) >= 11 is 0. The van der Waals surface area contributed by atoms with Crippen molar-refractivity contribution in [3.8, 4) is 0 Å². The molecule has 0 radical (unpaired) electrons. The predicted octanol–water partition coefficient (Wildman–Crippen LogP) is 6.61. The molecule has 3 rings (SSSR count). The fourth-order valence-corrected chi connectivity index (χ4v) is 4.81. The molecule has 2 aromatic carbocycles. The predicted molar refractivity (Wildman–Crippen MR) is 128 cm³/mol. The van der Waals surface area contributed by atoms with Crippen LogP contribution < -0.4 is 10.2 Å². The maximum absolute atomic E-state index is 11.7. The van der Waals surface area contributed by atoms with Crippen molar-refractivity contribution in [3.05, 3.63) is 54.1 Å². The Balaban J connectivity index is 1.59. The summed E-state index contributed by atoms with van der Waals surface area (Å²) in [5.74, 6) is 0. The van der Waals surface area contributed by atoms with Crippen molar-refractivity contribution in [2.75, 3.05) is 10.2 Å². The van der Waals surface area contributed by atoms with Crippen LogP contribution in [0.25, 0.3) is 0 Å². The minimum absolute atomic E-state index is 0.0603. The summed E-state index contributed by atoms with van der Waals surface area (Å²) in [7, 11) is -4.23. The maximum atomic E-state index is 11.7. The molecule has 0 aliphatic carbocycles. The average molecular weight is 445 g/mol. The third kappa shape index (κ3) is 6.97. The third-order valence-corrected chi connectivity index (χ3v) is 6.90. The Morgan fingerprint density at radius 3 is 2.19 bits per heavy atom. The second-order valence-corrected chi connectivity index (χ2v) is 9.97. The van der Waals surface area contributed by atoms with Crippen LogP contribution in [0.4, 0.5) is 11.4 Å². The molecular formula is C25H36N2O3S.